The van der Waals surface area contributed by atoms with Crippen molar-refractivity contribution in [1.29, 1.82) is 0 Å². The van der Waals surface area contributed by atoms with Crippen LogP contribution in [0.2, 0.25) is 5.02 Å². The normalized spacial score (nSPS) is 10.8. The molecule has 130 valence electrons. The molecule has 2 heterocycles. The molecule has 0 fully saturated rings. The average molecular weight is 394 g/mol. The van der Waals surface area contributed by atoms with E-state index >= 15 is 0 Å². The van der Waals surface area contributed by atoms with E-state index in [0.29, 0.717) is 16.3 Å². The Morgan fingerprint density at radius 1 is 1.36 bits per heavy atom. The maximum Gasteiger partial charge on any atom is 0.191 e. The van der Waals surface area contributed by atoms with Crippen molar-refractivity contribution < 1.29 is 9.53 Å². The van der Waals surface area contributed by atoms with Gasteiger partial charge in [-0.2, -0.15) is 0 Å². The molecule has 0 aliphatic carbocycles. The number of halogens is 1. The molecule has 0 saturated carbocycles. The fourth-order valence-corrected chi connectivity index (χ4v) is 4.19. The van der Waals surface area contributed by atoms with E-state index in [4.69, 9.17) is 16.3 Å². The number of Topliss-reactive ketones (excluding diaryl/α,β-unsaturated/α-hetero) is 1. The highest BCUT2D eigenvalue weighted by Crippen LogP contribution is 2.29. The first kappa shape index (κ1) is 18.0. The molecule has 0 spiro atoms. The molecule has 3 aromatic rings. The van der Waals surface area contributed by atoms with Crippen LogP contribution in [0.1, 0.15) is 17.3 Å². The van der Waals surface area contributed by atoms with Gasteiger partial charge in [-0.25, -0.2) is 0 Å². The first-order valence-electron chi connectivity index (χ1n) is 7.60. The summed E-state index contributed by atoms with van der Waals surface area (Å²) in [6.07, 6.45) is 0. The van der Waals surface area contributed by atoms with Gasteiger partial charge in [0.15, 0.2) is 16.8 Å². The van der Waals surface area contributed by atoms with Crippen molar-refractivity contribution in [2.75, 3.05) is 12.9 Å². The van der Waals surface area contributed by atoms with Gasteiger partial charge in [-0.1, -0.05) is 29.4 Å². The molecular formula is C17H16ClN3O2S2. The van der Waals surface area contributed by atoms with E-state index in [1.165, 1.54) is 11.8 Å². The molecule has 0 N–H and O–H groups in total. The number of carbonyl (C=O) groups excluding carboxylic acids is 1. The molecule has 3 rings (SSSR count). The van der Waals surface area contributed by atoms with Gasteiger partial charge in [-0.3, -0.25) is 4.79 Å². The lowest BCUT2D eigenvalue weighted by Crippen LogP contribution is -2.05. The van der Waals surface area contributed by atoms with Crippen LogP contribution in [-0.4, -0.2) is 33.4 Å². The van der Waals surface area contributed by atoms with Crippen LogP contribution in [-0.2, 0) is 6.54 Å². The number of hydrogen-bond donors (Lipinski definition) is 0. The number of carbonyl (C=O) groups is 1. The number of thioether (sulfide) groups is 1. The third-order valence-electron chi connectivity index (χ3n) is 3.58. The summed E-state index contributed by atoms with van der Waals surface area (Å²) in [5.74, 6) is 1.64. The summed E-state index contributed by atoms with van der Waals surface area (Å²) in [6.45, 7) is 2.78. The Hall–Kier alpha value is -1.83. The van der Waals surface area contributed by atoms with E-state index in [1.807, 2.05) is 29.0 Å². The third-order valence-corrected chi connectivity index (χ3v) is 5.71. The predicted octanol–water partition coefficient (Wildman–Crippen LogP) is 4.66. The Morgan fingerprint density at radius 2 is 2.20 bits per heavy atom. The molecule has 8 heteroatoms. The topological polar surface area (TPSA) is 57.0 Å². The summed E-state index contributed by atoms with van der Waals surface area (Å²) in [4.78, 5) is 13.5. The van der Waals surface area contributed by atoms with E-state index in [9.17, 15) is 4.79 Å². The third kappa shape index (κ3) is 3.89. The minimum Gasteiger partial charge on any atom is -0.495 e. The first-order chi connectivity index (χ1) is 12.1. The van der Waals surface area contributed by atoms with E-state index in [1.54, 1.807) is 36.6 Å². The lowest BCUT2D eigenvalue weighted by Gasteiger charge is -2.07. The van der Waals surface area contributed by atoms with Crippen LogP contribution >= 0.6 is 34.7 Å². The number of nitrogens with zero attached hydrogens (tertiary/aromatic N) is 3. The van der Waals surface area contributed by atoms with Crippen LogP contribution in [0.5, 0.6) is 5.75 Å². The molecule has 0 radical (unpaired) electrons. The van der Waals surface area contributed by atoms with Gasteiger partial charge in [0.2, 0.25) is 0 Å². The second-order valence-electron chi connectivity index (χ2n) is 5.09. The summed E-state index contributed by atoms with van der Waals surface area (Å²) >= 11 is 9.09. The van der Waals surface area contributed by atoms with E-state index in [2.05, 4.69) is 10.2 Å². The van der Waals surface area contributed by atoms with Gasteiger partial charge in [0.25, 0.3) is 0 Å². The van der Waals surface area contributed by atoms with Crippen LogP contribution in [0.3, 0.4) is 0 Å². The standard InChI is InChI=1S/C17H16ClN3O2S2/c1-3-21-16(15-5-4-8-24-15)19-20-17(21)25-10-13(22)11-6-7-14(23-2)12(18)9-11/h4-9H,3,10H2,1-2H3. The van der Waals surface area contributed by atoms with E-state index in [0.717, 1.165) is 22.4 Å². The van der Waals surface area contributed by atoms with Gasteiger partial charge in [-0.05, 0) is 36.6 Å². The van der Waals surface area contributed by atoms with Gasteiger partial charge in [0, 0.05) is 12.1 Å². The minimum atomic E-state index is -0.0159. The fourth-order valence-electron chi connectivity index (χ4n) is 2.32. The number of hydrogen-bond acceptors (Lipinski definition) is 6. The summed E-state index contributed by atoms with van der Waals surface area (Å²) < 4.78 is 7.13. The molecule has 5 nitrogen and oxygen atoms in total. The van der Waals surface area contributed by atoms with Crippen molar-refractivity contribution in [3.63, 3.8) is 0 Å². The Kier molecular flexibility index (Phi) is 5.78. The molecule has 25 heavy (non-hydrogen) atoms. The quantitative estimate of drug-likeness (QED) is 0.431. The van der Waals surface area contributed by atoms with Gasteiger partial charge in [0.1, 0.15) is 5.75 Å². The van der Waals surface area contributed by atoms with Crippen molar-refractivity contribution >= 4 is 40.5 Å². The summed E-state index contributed by atoms with van der Waals surface area (Å²) in [5.41, 5.74) is 0.555. The van der Waals surface area contributed by atoms with Crippen LogP contribution in [0, 0.1) is 0 Å². The maximum atomic E-state index is 12.4. The molecule has 0 amide bonds. The highest BCUT2D eigenvalue weighted by atomic mass is 35.5. The Balaban J connectivity index is 1.73. The summed E-state index contributed by atoms with van der Waals surface area (Å²) in [5, 5.41) is 11.7. The molecular weight excluding hydrogens is 378 g/mol. The van der Waals surface area contributed by atoms with Gasteiger partial charge < -0.3 is 9.30 Å². The molecule has 1 aromatic carbocycles. The maximum absolute atomic E-state index is 12.4. The molecule has 0 unspecified atom stereocenters. The Labute approximate surface area is 159 Å². The fraction of sp³-hybridized carbons (Fsp3) is 0.235. The monoisotopic (exact) mass is 393 g/mol. The zero-order valence-electron chi connectivity index (χ0n) is 13.7. The molecule has 0 bridgehead atoms. The van der Waals surface area contributed by atoms with Crippen molar-refractivity contribution in [1.82, 2.24) is 14.8 Å². The van der Waals surface area contributed by atoms with Crippen molar-refractivity contribution in [3.05, 3.63) is 46.3 Å². The molecule has 0 atom stereocenters. The summed E-state index contributed by atoms with van der Waals surface area (Å²) in [7, 11) is 1.54. The molecule has 0 saturated heterocycles. The summed E-state index contributed by atoms with van der Waals surface area (Å²) in [6, 6.07) is 9.04. The predicted molar refractivity (Wildman–Crippen MR) is 102 cm³/mol. The smallest absolute Gasteiger partial charge is 0.191 e. The zero-order valence-corrected chi connectivity index (χ0v) is 16.1. The highest BCUT2D eigenvalue weighted by molar-refractivity contribution is 7.99. The van der Waals surface area contributed by atoms with Gasteiger partial charge >= 0.3 is 0 Å². The van der Waals surface area contributed by atoms with Crippen molar-refractivity contribution in [2.24, 2.45) is 0 Å². The van der Waals surface area contributed by atoms with E-state index < -0.39 is 0 Å². The number of thiophene rings is 1. The number of ether oxygens (including phenoxy) is 1. The van der Waals surface area contributed by atoms with Gasteiger partial charge in [0.05, 0.1) is 22.8 Å². The van der Waals surface area contributed by atoms with Crippen LogP contribution in [0.4, 0.5) is 0 Å². The molecule has 0 aliphatic rings. The zero-order chi connectivity index (χ0) is 17.8. The largest absolute Gasteiger partial charge is 0.495 e. The molecule has 2 aromatic heterocycles. The van der Waals surface area contributed by atoms with Crippen LogP contribution < -0.4 is 4.74 Å². The average Bonchev–Trinajstić information content (AvgIpc) is 3.28. The van der Waals surface area contributed by atoms with Gasteiger partial charge in [-0.15, -0.1) is 21.5 Å². The van der Waals surface area contributed by atoms with E-state index in [-0.39, 0.29) is 11.5 Å². The minimum absolute atomic E-state index is 0.0159. The van der Waals surface area contributed by atoms with Crippen molar-refractivity contribution in [2.45, 2.75) is 18.6 Å². The number of rotatable bonds is 7. The lowest BCUT2D eigenvalue weighted by atomic mass is 10.1. The van der Waals surface area contributed by atoms with Crippen LogP contribution in [0.15, 0.2) is 40.9 Å². The second kappa shape index (κ2) is 8.03. The Bertz CT molecular complexity index is 878. The Morgan fingerprint density at radius 3 is 2.84 bits per heavy atom. The highest BCUT2D eigenvalue weighted by Gasteiger charge is 2.16. The number of methoxy groups -OCH3 is 1. The number of ketones is 1. The second-order valence-corrected chi connectivity index (χ2v) is 7.39. The number of aromatic nitrogens is 3. The molecule has 0 aliphatic heterocycles. The number of benzene rings is 1. The first-order valence-corrected chi connectivity index (χ1v) is 9.85. The lowest BCUT2D eigenvalue weighted by molar-refractivity contribution is 0.102. The van der Waals surface area contributed by atoms with Crippen molar-refractivity contribution in [3.8, 4) is 16.5 Å². The van der Waals surface area contributed by atoms with Crippen LogP contribution in [0.25, 0.3) is 10.7 Å². The SMILES string of the molecule is CCn1c(SCC(=O)c2ccc(OC)c(Cl)c2)nnc1-c1cccs1.